The van der Waals surface area contributed by atoms with Crippen molar-refractivity contribution in [2.45, 2.75) is 0 Å². The van der Waals surface area contributed by atoms with Crippen LogP contribution in [0.2, 0.25) is 0 Å². The van der Waals surface area contributed by atoms with E-state index in [1.165, 1.54) is 0 Å². The average molecular weight is 769 g/mol. The van der Waals surface area contributed by atoms with Crippen molar-refractivity contribution in [3.05, 3.63) is 219 Å². The van der Waals surface area contributed by atoms with Crippen molar-refractivity contribution >= 4 is 0 Å². The Bertz CT molecular complexity index is 2930. The highest BCUT2D eigenvalue weighted by atomic mass is 15.0. The van der Waals surface area contributed by atoms with E-state index in [-0.39, 0.29) is 0 Å². The van der Waals surface area contributed by atoms with Crippen LogP contribution in [0.4, 0.5) is 0 Å². The molecule has 10 rings (SSSR count). The standard InChI is InChI=1S/C54H36N6/c1-5-18-38(19-6-1)48-36-49(39-20-7-2-8-21-39)57-54(56-48)46-27-14-13-26-44(46)45-29-17-28-43(50(45)47-30-15-16-35-55-47)37-31-33-42(34-32-37)53-59-51(40-22-9-3-10-23-40)58-52(60-53)41-24-11-4-12-25-41/h1-36H. The zero-order valence-corrected chi connectivity index (χ0v) is 32.5. The Morgan fingerprint density at radius 1 is 0.233 bits per heavy atom. The molecule has 6 heteroatoms. The van der Waals surface area contributed by atoms with Gasteiger partial charge >= 0.3 is 0 Å². The number of benzene rings is 7. The number of rotatable bonds is 9. The quantitative estimate of drug-likeness (QED) is 0.145. The molecular weight excluding hydrogens is 733 g/mol. The Morgan fingerprint density at radius 2 is 0.650 bits per heavy atom. The first-order valence-electron chi connectivity index (χ1n) is 19.9. The predicted octanol–water partition coefficient (Wildman–Crippen LogP) is 13.1. The molecule has 0 unspecified atom stereocenters. The van der Waals surface area contributed by atoms with Crippen LogP contribution in [0, 0.1) is 0 Å². The van der Waals surface area contributed by atoms with Crippen LogP contribution in [-0.2, 0) is 0 Å². The number of pyridine rings is 1. The summed E-state index contributed by atoms with van der Waals surface area (Å²) < 4.78 is 0. The summed E-state index contributed by atoms with van der Waals surface area (Å²) in [5.41, 5.74) is 13.4. The Hall–Kier alpha value is -8.22. The van der Waals surface area contributed by atoms with Crippen molar-refractivity contribution in [3.63, 3.8) is 0 Å². The molecule has 0 saturated heterocycles. The first-order valence-corrected chi connectivity index (χ1v) is 19.9. The van der Waals surface area contributed by atoms with E-state index in [0.29, 0.717) is 23.3 Å². The van der Waals surface area contributed by atoms with E-state index in [1.54, 1.807) is 0 Å². The second-order valence-corrected chi connectivity index (χ2v) is 14.3. The van der Waals surface area contributed by atoms with Gasteiger partial charge in [0, 0.05) is 45.1 Å². The maximum atomic E-state index is 5.21. The van der Waals surface area contributed by atoms with Gasteiger partial charge in [0.1, 0.15) is 0 Å². The van der Waals surface area contributed by atoms with Crippen molar-refractivity contribution in [2.75, 3.05) is 0 Å². The fourth-order valence-electron chi connectivity index (χ4n) is 7.53. The molecule has 0 radical (unpaired) electrons. The number of aromatic nitrogens is 6. The SMILES string of the molecule is c1ccc(-c2cc(-c3ccccc3)nc(-c3ccccc3-c3cccc(-c4ccc(-c5nc(-c6ccccc6)nc(-c6ccccc6)n5)cc4)c3-c3ccccn3)n2)cc1. The van der Waals surface area contributed by atoms with Crippen LogP contribution in [0.3, 0.4) is 0 Å². The highest BCUT2D eigenvalue weighted by Crippen LogP contribution is 2.43. The summed E-state index contributed by atoms with van der Waals surface area (Å²) in [6.45, 7) is 0. The molecule has 7 aromatic carbocycles. The van der Waals surface area contributed by atoms with Crippen molar-refractivity contribution in [2.24, 2.45) is 0 Å². The topological polar surface area (TPSA) is 77.3 Å². The summed E-state index contributed by atoms with van der Waals surface area (Å²) in [4.78, 5) is 30.2. The molecule has 6 nitrogen and oxygen atoms in total. The molecule has 0 aliphatic carbocycles. The fourth-order valence-corrected chi connectivity index (χ4v) is 7.53. The number of nitrogens with zero attached hydrogens (tertiary/aromatic N) is 6. The lowest BCUT2D eigenvalue weighted by molar-refractivity contribution is 1.07. The van der Waals surface area contributed by atoms with Crippen LogP contribution in [0.15, 0.2) is 219 Å². The van der Waals surface area contributed by atoms with Gasteiger partial charge in [0.05, 0.1) is 17.1 Å². The predicted molar refractivity (Wildman–Crippen MR) is 242 cm³/mol. The summed E-state index contributed by atoms with van der Waals surface area (Å²) in [6, 6.07) is 72.0. The first kappa shape index (κ1) is 36.1. The molecule has 60 heavy (non-hydrogen) atoms. The van der Waals surface area contributed by atoms with Crippen LogP contribution < -0.4 is 0 Å². The largest absolute Gasteiger partial charge is 0.256 e. The molecule has 0 fully saturated rings. The van der Waals surface area contributed by atoms with Gasteiger partial charge in [-0.2, -0.15) is 0 Å². The van der Waals surface area contributed by atoms with Gasteiger partial charge in [-0.15, -0.1) is 0 Å². The minimum atomic E-state index is 0.606. The fraction of sp³-hybridized carbons (Fsp3) is 0. The summed E-state index contributed by atoms with van der Waals surface area (Å²) in [7, 11) is 0. The van der Waals surface area contributed by atoms with Gasteiger partial charge < -0.3 is 0 Å². The van der Waals surface area contributed by atoms with Gasteiger partial charge in [-0.05, 0) is 40.5 Å². The lowest BCUT2D eigenvalue weighted by Crippen LogP contribution is -2.00. The van der Waals surface area contributed by atoms with Crippen LogP contribution >= 0.6 is 0 Å². The summed E-state index contributed by atoms with van der Waals surface area (Å²) >= 11 is 0. The van der Waals surface area contributed by atoms with Gasteiger partial charge in [0.15, 0.2) is 23.3 Å². The van der Waals surface area contributed by atoms with E-state index in [9.17, 15) is 0 Å². The zero-order valence-electron chi connectivity index (χ0n) is 32.5. The van der Waals surface area contributed by atoms with Gasteiger partial charge in [0.2, 0.25) is 0 Å². The second-order valence-electron chi connectivity index (χ2n) is 14.3. The molecule has 3 heterocycles. The molecule has 0 N–H and O–H groups in total. The van der Waals surface area contributed by atoms with E-state index >= 15 is 0 Å². The molecule has 0 atom stereocenters. The first-order chi connectivity index (χ1) is 29.7. The Labute approximate surface area is 348 Å². The van der Waals surface area contributed by atoms with Crippen LogP contribution in [0.5, 0.6) is 0 Å². The maximum absolute atomic E-state index is 5.21. The molecule has 282 valence electrons. The smallest absolute Gasteiger partial charge is 0.164 e. The lowest BCUT2D eigenvalue weighted by Gasteiger charge is -2.18. The maximum Gasteiger partial charge on any atom is 0.164 e. The minimum absolute atomic E-state index is 0.606. The van der Waals surface area contributed by atoms with Crippen molar-refractivity contribution in [3.8, 4) is 102 Å². The van der Waals surface area contributed by atoms with Crippen LogP contribution in [0.25, 0.3) is 102 Å². The third kappa shape index (κ3) is 7.37. The van der Waals surface area contributed by atoms with Crippen molar-refractivity contribution in [1.82, 2.24) is 29.9 Å². The van der Waals surface area contributed by atoms with Crippen LogP contribution in [-0.4, -0.2) is 29.9 Å². The van der Waals surface area contributed by atoms with Crippen molar-refractivity contribution in [1.29, 1.82) is 0 Å². The Kier molecular flexibility index (Phi) is 9.84. The minimum Gasteiger partial charge on any atom is -0.256 e. The molecular formula is C54H36N6. The summed E-state index contributed by atoms with van der Waals surface area (Å²) in [6.07, 6.45) is 1.85. The molecule has 0 spiro atoms. The van der Waals surface area contributed by atoms with E-state index in [2.05, 4.69) is 103 Å². The van der Waals surface area contributed by atoms with Crippen molar-refractivity contribution < 1.29 is 0 Å². The lowest BCUT2D eigenvalue weighted by atomic mass is 9.87. The monoisotopic (exact) mass is 768 g/mol. The molecule has 0 amide bonds. The number of hydrogen-bond acceptors (Lipinski definition) is 6. The summed E-state index contributed by atoms with van der Waals surface area (Å²) in [5.74, 6) is 2.51. The molecule has 10 aromatic rings. The molecule has 0 bridgehead atoms. The Morgan fingerprint density at radius 3 is 1.17 bits per heavy atom. The highest BCUT2D eigenvalue weighted by Gasteiger charge is 2.20. The normalized spacial score (nSPS) is 11.0. The van der Waals surface area contributed by atoms with E-state index in [1.807, 2.05) is 115 Å². The van der Waals surface area contributed by atoms with Gasteiger partial charge in [-0.1, -0.05) is 194 Å². The van der Waals surface area contributed by atoms with E-state index in [4.69, 9.17) is 29.9 Å². The molecule has 0 aliphatic heterocycles. The van der Waals surface area contributed by atoms with Gasteiger partial charge in [-0.25, -0.2) is 24.9 Å². The second kappa shape index (κ2) is 16.3. The van der Waals surface area contributed by atoms with Gasteiger partial charge in [0.25, 0.3) is 0 Å². The third-order valence-electron chi connectivity index (χ3n) is 10.5. The third-order valence-corrected chi connectivity index (χ3v) is 10.5. The highest BCUT2D eigenvalue weighted by molar-refractivity contribution is 5.97. The van der Waals surface area contributed by atoms with Gasteiger partial charge in [-0.3, -0.25) is 4.98 Å². The summed E-state index contributed by atoms with van der Waals surface area (Å²) in [5, 5.41) is 0. The molecule has 0 saturated carbocycles. The zero-order chi connectivity index (χ0) is 40.1. The number of hydrogen-bond donors (Lipinski definition) is 0. The average Bonchev–Trinajstić information content (AvgIpc) is 3.35. The Balaban J connectivity index is 1.10. The molecule has 0 aliphatic rings. The van der Waals surface area contributed by atoms with Crippen LogP contribution in [0.1, 0.15) is 0 Å². The van der Waals surface area contributed by atoms with E-state index in [0.717, 1.165) is 78.3 Å². The van der Waals surface area contributed by atoms with E-state index < -0.39 is 0 Å². The molecule has 3 aromatic heterocycles.